The SMILES string of the molecule is Cc1ccc(-c2nn(-c3ccccc3)cc2C(=O)N2CCC(CN)C2)c(C)c1. The van der Waals surface area contributed by atoms with E-state index >= 15 is 0 Å². The minimum absolute atomic E-state index is 0.0353. The zero-order valence-electron chi connectivity index (χ0n) is 16.4. The van der Waals surface area contributed by atoms with E-state index in [2.05, 4.69) is 32.0 Å². The monoisotopic (exact) mass is 374 g/mol. The molecule has 2 aromatic carbocycles. The number of para-hydroxylation sites is 1. The highest BCUT2D eigenvalue weighted by atomic mass is 16.2. The standard InChI is InChI=1S/C23H26N4O/c1-16-8-9-20(17(2)12-16)22-21(23(28)26-11-10-18(13-24)14-26)15-27(25-22)19-6-4-3-5-7-19/h3-9,12,15,18H,10-11,13-14,24H2,1-2H3. The van der Waals surface area contributed by atoms with Gasteiger partial charge < -0.3 is 10.6 Å². The molecular formula is C23H26N4O. The molecule has 1 fully saturated rings. The van der Waals surface area contributed by atoms with Gasteiger partial charge in [0.1, 0.15) is 5.69 Å². The molecule has 0 spiro atoms. The molecule has 28 heavy (non-hydrogen) atoms. The van der Waals surface area contributed by atoms with Crippen molar-refractivity contribution in [3.8, 4) is 16.9 Å². The first kappa shape index (κ1) is 18.4. The third-order valence-electron chi connectivity index (χ3n) is 5.51. The van der Waals surface area contributed by atoms with E-state index in [1.165, 1.54) is 5.56 Å². The van der Waals surface area contributed by atoms with Gasteiger partial charge in [0.05, 0.1) is 11.3 Å². The molecule has 2 heterocycles. The Hall–Kier alpha value is -2.92. The van der Waals surface area contributed by atoms with Crippen LogP contribution < -0.4 is 5.73 Å². The lowest BCUT2D eigenvalue weighted by atomic mass is 10.0. The molecule has 4 rings (SSSR count). The Balaban J connectivity index is 1.79. The Kier molecular flexibility index (Phi) is 5.01. The van der Waals surface area contributed by atoms with E-state index in [1.807, 2.05) is 41.4 Å². The number of amides is 1. The van der Waals surface area contributed by atoms with E-state index in [1.54, 1.807) is 4.68 Å². The Morgan fingerprint density at radius 2 is 1.96 bits per heavy atom. The van der Waals surface area contributed by atoms with Crippen LogP contribution >= 0.6 is 0 Å². The van der Waals surface area contributed by atoms with E-state index in [-0.39, 0.29) is 5.91 Å². The van der Waals surface area contributed by atoms with Crippen molar-refractivity contribution in [3.63, 3.8) is 0 Å². The number of aromatic nitrogens is 2. The summed E-state index contributed by atoms with van der Waals surface area (Å²) in [4.78, 5) is 15.3. The number of carbonyl (C=O) groups excluding carboxylic acids is 1. The van der Waals surface area contributed by atoms with Gasteiger partial charge in [0.25, 0.3) is 5.91 Å². The summed E-state index contributed by atoms with van der Waals surface area (Å²) in [6, 6.07) is 16.2. The van der Waals surface area contributed by atoms with Gasteiger partial charge >= 0.3 is 0 Å². The average molecular weight is 374 g/mol. The molecule has 0 radical (unpaired) electrons. The highest BCUT2D eigenvalue weighted by molar-refractivity contribution is 6.00. The van der Waals surface area contributed by atoms with Crippen molar-refractivity contribution in [3.05, 3.63) is 71.4 Å². The van der Waals surface area contributed by atoms with Crippen LogP contribution in [0.2, 0.25) is 0 Å². The van der Waals surface area contributed by atoms with Gasteiger partial charge in [0.2, 0.25) is 0 Å². The number of likely N-dealkylation sites (tertiary alicyclic amines) is 1. The number of hydrogen-bond acceptors (Lipinski definition) is 3. The van der Waals surface area contributed by atoms with Gasteiger partial charge in [0.15, 0.2) is 0 Å². The number of carbonyl (C=O) groups is 1. The molecule has 1 aliphatic heterocycles. The number of benzene rings is 2. The van der Waals surface area contributed by atoms with Crippen LogP contribution in [0.1, 0.15) is 27.9 Å². The second kappa shape index (κ2) is 7.60. The lowest BCUT2D eigenvalue weighted by Crippen LogP contribution is -2.30. The summed E-state index contributed by atoms with van der Waals surface area (Å²) in [6.07, 6.45) is 2.83. The van der Waals surface area contributed by atoms with Crippen LogP contribution in [0.25, 0.3) is 16.9 Å². The van der Waals surface area contributed by atoms with Crippen molar-refractivity contribution in [2.45, 2.75) is 20.3 Å². The Morgan fingerprint density at radius 1 is 1.18 bits per heavy atom. The van der Waals surface area contributed by atoms with E-state index in [0.29, 0.717) is 18.0 Å². The molecule has 0 saturated carbocycles. The van der Waals surface area contributed by atoms with Gasteiger partial charge in [-0.2, -0.15) is 5.10 Å². The third kappa shape index (κ3) is 3.45. The van der Waals surface area contributed by atoms with Gasteiger partial charge in [0, 0.05) is 24.8 Å². The fourth-order valence-corrected chi connectivity index (χ4v) is 3.90. The first-order chi connectivity index (χ1) is 13.6. The maximum absolute atomic E-state index is 13.4. The number of nitrogens with two attached hydrogens (primary N) is 1. The maximum Gasteiger partial charge on any atom is 0.257 e. The summed E-state index contributed by atoms with van der Waals surface area (Å²) < 4.78 is 1.80. The summed E-state index contributed by atoms with van der Waals surface area (Å²) in [6.45, 7) is 6.24. The molecule has 144 valence electrons. The molecule has 1 aliphatic rings. The molecular weight excluding hydrogens is 348 g/mol. The van der Waals surface area contributed by atoms with E-state index in [4.69, 9.17) is 10.8 Å². The molecule has 1 unspecified atom stereocenters. The minimum atomic E-state index is 0.0353. The number of hydrogen-bond donors (Lipinski definition) is 1. The van der Waals surface area contributed by atoms with Crippen molar-refractivity contribution in [2.75, 3.05) is 19.6 Å². The molecule has 1 saturated heterocycles. The Morgan fingerprint density at radius 3 is 2.64 bits per heavy atom. The second-order valence-electron chi connectivity index (χ2n) is 7.63. The predicted octanol–water partition coefficient (Wildman–Crippen LogP) is 3.58. The first-order valence-corrected chi connectivity index (χ1v) is 9.79. The maximum atomic E-state index is 13.4. The summed E-state index contributed by atoms with van der Waals surface area (Å²) in [7, 11) is 0. The van der Waals surface area contributed by atoms with Gasteiger partial charge in [-0.25, -0.2) is 4.68 Å². The van der Waals surface area contributed by atoms with E-state index < -0.39 is 0 Å². The molecule has 5 nitrogen and oxygen atoms in total. The second-order valence-corrected chi connectivity index (χ2v) is 7.63. The summed E-state index contributed by atoms with van der Waals surface area (Å²) in [5, 5.41) is 4.82. The molecule has 3 aromatic rings. The lowest BCUT2D eigenvalue weighted by molar-refractivity contribution is 0.0788. The van der Waals surface area contributed by atoms with Crippen LogP contribution in [-0.4, -0.2) is 40.2 Å². The van der Waals surface area contributed by atoms with Crippen molar-refractivity contribution >= 4 is 5.91 Å². The first-order valence-electron chi connectivity index (χ1n) is 9.79. The van der Waals surface area contributed by atoms with Crippen LogP contribution in [0.15, 0.2) is 54.7 Å². The molecule has 2 N–H and O–H groups in total. The molecule has 5 heteroatoms. The molecule has 1 atom stereocenters. The van der Waals surface area contributed by atoms with Crippen molar-refractivity contribution in [1.82, 2.24) is 14.7 Å². The normalized spacial score (nSPS) is 16.5. The van der Waals surface area contributed by atoms with Crippen LogP contribution in [0.4, 0.5) is 0 Å². The van der Waals surface area contributed by atoms with Gasteiger partial charge in [-0.15, -0.1) is 0 Å². The summed E-state index contributed by atoms with van der Waals surface area (Å²) >= 11 is 0. The zero-order chi connectivity index (χ0) is 19.7. The quantitative estimate of drug-likeness (QED) is 0.759. The van der Waals surface area contributed by atoms with Gasteiger partial charge in [-0.3, -0.25) is 4.79 Å². The molecule has 0 bridgehead atoms. The predicted molar refractivity (Wildman–Crippen MR) is 112 cm³/mol. The number of aryl methyl sites for hydroxylation is 2. The van der Waals surface area contributed by atoms with Crippen molar-refractivity contribution in [1.29, 1.82) is 0 Å². The smallest absolute Gasteiger partial charge is 0.257 e. The van der Waals surface area contributed by atoms with E-state index in [9.17, 15) is 4.79 Å². The number of rotatable bonds is 4. The fourth-order valence-electron chi connectivity index (χ4n) is 3.90. The van der Waals surface area contributed by atoms with Crippen LogP contribution in [0.3, 0.4) is 0 Å². The zero-order valence-corrected chi connectivity index (χ0v) is 16.4. The number of nitrogens with zero attached hydrogens (tertiary/aromatic N) is 3. The Labute approximate surface area is 165 Å². The van der Waals surface area contributed by atoms with Crippen LogP contribution in [-0.2, 0) is 0 Å². The van der Waals surface area contributed by atoms with Crippen molar-refractivity contribution in [2.24, 2.45) is 11.7 Å². The minimum Gasteiger partial charge on any atom is -0.338 e. The topological polar surface area (TPSA) is 64.2 Å². The lowest BCUT2D eigenvalue weighted by Gasteiger charge is -2.16. The van der Waals surface area contributed by atoms with Crippen LogP contribution in [0, 0.1) is 19.8 Å². The fraction of sp³-hybridized carbons (Fsp3) is 0.304. The highest BCUT2D eigenvalue weighted by Gasteiger charge is 2.29. The van der Waals surface area contributed by atoms with Crippen molar-refractivity contribution < 1.29 is 4.79 Å². The average Bonchev–Trinajstić information content (AvgIpc) is 3.36. The van der Waals surface area contributed by atoms with Gasteiger partial charge in [-0.05, 0) is 50.4 Å². The summed E-state index contributed by atoms with van der Waals surface area (Å²) in [5.74, 6) is 0.422. The highest BCUT2D eigenvalue weighted by Crippen LogP contribution is 2.29. The Bertz CT molecular complexity index is 993. The molecule has 1 amide bonds. The van der Waals surface area contributed by atoms with Crippen LogP contribution in [0.5, 0.6) is 0 Å². The summed E-state index contributed by atoms with van der Waals surface area (Å²) in [5.41, 5.74) is 11.5. The third-order valence-corrected chi connectivity index (χ3v) is 5.51. The van der Waals surface area contributed by atoms with Gasteiger partial charge in [-0.1, -0.05) is 42.0 Å². The molecule has 0 aliphatic carbocycles. The largest absolute Gasteiger partial charge is 0.338 e. The van der Waals surface area contributed by atoms with E-state index in [0.717, 1.165) is 42.0 Å². The molecule has 1 aromatic heterocycles.